The summed E-state index contributed by atoms with van der Waals surface area (Å²) in [5.74, 6) is 1.35. The maximum absolute atomic E-state index is 12.6. The predicted octanol–water partition coefficient (Wildman–Crippen LogP) is 3.13. The van der Waals surface area contributed by atoms with Crippen molar-refractivity contribution in [3.8, 4) is 0 Å². The SMILES string of the molecule is CN=C(NCc1nc(C(F)(F)F)cs1)N1CCN(CC(C)C)CC1.I. The Morgan fingerprint density at radius 2 is 1.96 bits per heavy atom. The second-order valence-corrected chi connectivity index (χ2v) is 7.15. The number of guanidine groups is 1. The molecule has 0 atom stereocenters. The number of hydrogen-bond donors (Lipinski definition) is 1. The maximum Gasteiger partial charge on any atom is 0.434 e. The molecule has 2 heterocycles. The normalized spacial score (nSPS) is 16.9. The Balaban J connectivity index is 0.00000312. The molecule has 0 unspecified atom stereocenters. The lowest BCUT2D eigenvalue weighted by Crippen LogP contribution is -2.52. The molecular formula is C15H25F3IN5S. The average Bonchev–Trinajstić information content (AvgIpc) is 2.98. The van der Waals surface area contributed by atoms with Crippen LogP contribution in [0.5, 0.6) is 0 Å². The molecule has 25 heavy (non-hydrogen) atoms. The Bertz CT molecular complexity index is 554. The minimum atomic E-state index is -4.39. The summed E-state index contributed by atoms with van der Waals surface area (Å²) in [6.07, 6.45) is -4.39. The highest BCUT2D eigenvalue weighted by atomic mass is 127. The Kier molecular flexibility index (Phi) is 8.89. The van der Waals surface area contributed by atoms with Crippen LogP contribution in [0.15, 0.2) is 10.4 Å². The van der Waals surface area contributed by atoms with Crippen molar-refractivity contribution in [2.45, 2.75) is 26.6 Å². The van der Waals surface area contributed by atoms with Gasteiger partial charge in [0.05, 0.1) is 6.54 Å². The van der Waals surface area contributed by atoms with Gasteiger partial charge in [-0.3, -0.25) is 9.89 Å². The van der Waals surface area contributed by atoms with Gasteiger partial charge in [0.1, 0.15) is 5.01 Å². The van der Waals surface area contributed by atoms with Gasteiger partial charge in [0.2, 0.25) is 0 Å². The van der Waals surface area contributed by atoms with E-state index in [-0.39, 0.29) is 30.5 Å². The lowest BCUT2D eigenvalue weighted by molar-refractivity contribution is -0.140. The third kappa shape index (κ3) is 6.89. The molecule has 1 saturated heterocycles. The zero-order chi connectivity index (χ0) is 17.7. The summed E-state index contributed by atoms with van der Waals surface area (Å²) >= 11 is 1.01. The van der Waals surface area contributed by atoms with E-state index in [0.717, 1.165) is 49.4 Å². The second-order valence-electron chi connectivity index (χ2n) is 6.21. The van der Waals surface area contributed by atoms with Gasteiger partial charge in [-0.1, -0.05) is 13.8 Å². The third-order valence-electron chi connectivity index (χ3n) is 3.75. The molecule has 144 valence electrons. The largest absolute Gasteiger partial charge is 0.434 e. The quantitative estimate of drug-likeness (QED) is 0.400. The smallest absolute Gasteiger partial charge is 0.350 e. The molecular weight excluding hydrogens is 466 g/mol. The van der Waals surface area contributed by atoms with Gasteiger partial charge in [-0.05, 0) is 5.92 Å². The zero-order valence-electron chi connectivity index (χ0n) is 14.6. The third-order valence-corrected chi connectivity index (χ3v) is 4.60. The maximum atomic E-state index is 12.6. The van der Waals surface area contributed by atoms with Crippen LogP contribution in [0.1, 0.15) is 24.5 Å². The molecule has 0 saturated carbocycles. The number of hydrogen-bond acceptors (Lipinski definition) is 4. The van der Waals surface area contributed by atoms with Gasteiger partial charge in [0.25, 0.3) is 0 Å². The van der Waals surface area contributed by atoms with Crippen LogP contribution in [0.25, 0.3) is 0 Å². The molecule has 0 spiro atoms. The van der Waals surface area contributed by atoms with E-state index in [1.807, 2.05) is 0 Å². The molecule has 1 aromatic rings. The van der Waals surface area contributed by atoms with Gasteiger partial charge < -0.3 is 10.2 Å². The average molecular weight is 491 g/mol. The fourth-order valence-corrected chi connectivity index (χ4v) is 3.41. The number of halogens is 4. The monoisotopic (exact) mass is 491 g/mol. The van der Waals surface area contributed by atoms with Crippen molar-refractivity contribution in [3.63, 3.8) is 0 Å². The van der Waals surface area contributed by atoms with Crippen LogP contribution >= 0.6 is 35.3 Å². The molecule has 1 N–H and O–H groups in total. The lowest BCUT2D eigenvalue weighted by atomic mass is 10.2. The molecule has 0 amide bonds. The van der Waals surface area contributed by atoms with E-state index >= 15 is 0 Å². The molecule has 2 rings (SSSR count). The van der Waals surface area contributed by atoms with Crippen LogP contribution in [0.4, 0.5) is 13.2 Å². The van der Waals surface area contributed by atoms with E-state index in [0.29, 0.717) is 16.9 Å². The molecule has 0 aromatic carbocycles. The van der Waals surface area contributed by atoms with Gasteiger partial charge in [-0.2, -0.15) is 13.2 Å². The summed E-state index contributed by atoms with van der Waals surface area (Å²) in [7, 11) is 1.69. The van der Waals surface area contributed by atoms with E-state index in [2.05, 4.69) is 38.9 Å². The summed E-state index contributed by atoms with van der Waals surface area (Å²) in [6.45, 7) is 9.39. The van der Waals surface area contributed by atoms with Crippen molar-refractivity contribution in [1.82, 2.24) is 20.1 Å². The summed E-state index contributed by atoms with van der Waals surface area (Å²) in [5.41, 5.74) is -0.832. The van der Waals surface area contributed by atoms with E-state index in [9.17, 15) is 13.2 Å². The van der Waals surface area contributed by atoms with Crippen LogP contribution in [-0.4, -0.2) is 60.5 Å². The highest BCUT2D eigenvalue weighted by Gasteiger charge is 2.33. The number of rotatable bonds is 4. The fourth-order valence-electron chi connectivity index (χ4n) is 2.67. The van der Waals surface area contributed by atoms with Crippen LogP contribution < -0.4 is 5.32 Å². The Morgan fingerprint density at radius 3 is 2.44 bits per heavy atom. The van der Waals surface area contributed by atoms with E-state index in [1.165, 1.54) is 0 Å². The molecule has 5 nitrogen and oxygen atoms in total. The van der Waals surface area contributed by atoms with Crippen molar-refractivity contribution in [2.24, 2.45) is 10.9 Å². The van der Waals surface area contributed by atoms with Gasteiger partial charge in [0.15, 0.2) is 11.7 Å². The first-order chi connectivity index (χ1) is 11.3. The van der Waals surface area contributed by atoms with Crippen molar-refractivity contribution < 1.29 is 13.2 Å². The van der Waals surface area contributed by atoms with E-state index in [4.69, 9.17) is 0 Å². The van der Waals surface area contributed by atoms with Crippen molar-refractivity contribution in [3.05, 3.63) is 16.1 Å². The molecule has 1 aliphatic rings. The van der Waals surface area contributed by atoms with E-state index in [1.54, 1.807) is 7.05 Å². The lowest BCUT2D eigenvalue weighted by Gasteiger charge is -2.37. The van der Waals surface area contributed by atoms with Crippen LogP contribution in [0.3, 0.4) is 0 Å². The number of thiazole rings is 1. The summed E-state index contributed by atoms with van der Waals surface area (Å²) in [5, 5.41) is 4.56. The number of aromatic nitrogens is 1. The van der Waals surface area contributed by atoms with Gasteiger partial charge in [-0.15, -0.1) is 35.3 Å². The minimum absolute atomic E-state index is 0. The number of nitrogens with zero attached hydrogens (tertiary/aromatic N) is 4. The van der Waals surface area contributed by atoms with Crippen molar-refractivity contribution >= 4 is 41.3 Å². The molecule has 1 fully saturated rings. The topological polar surface area (TPSA) is 43.8 Å². The molecule has 0 radical (unpaired) electrons. The molecule has 1 aliphatic heterocycles. The number of nitrogens with one attached hydrogen (secondary N) is 1. The van der Waals surface area contributed by atoms with Crippen LogP contribution in [-0.2, 0) is 12.7 Å². The first-order valence-corrected chi connectivity index (χ1v) is 8.87. The molecule has 0 bridgehead atoms. The number of piperazine rings is 1. The Hall–Kier alpha value is -0.620. The van der Waals surface area contributed by atoms with Gasteiger partial charge >= 0.3 is 6.18 Å². The van der Waals surface area contributed by atoms with E-state index < -0.39 is 11.9 Å². The highest BCUT2D eigenvalue weighted by Crippen LogP contribution is 2.29. The molecule has 0 aliphatic carbocycles. The highest BCUT2D eigenvalue weighted by molar-refractivity contribution is 14.0. The molecule has 1 aromatic heterocycles. The van der Waals surface area contributed by atoms with Crippen molar-refractivity contribution in [1.29, 1.82) is 0 Å². The van der Waals surface area contributed by atoms with Crippen molar-refractivity contribution in [2.75, 3.05) is 39.8 Å². The summed E-state index contributed by atoms with van der Waals surface area (Å²) < 4.78 is 37.7. The molecule has 10 heteroatoms. The Labute approximate surface area is 167 Å². The first kappa shape index (κ1) is 22.4. The summed E-state index contributed by atoms with van der Waals surface area (Å²) in [6, 6.07) is 0. The first-order valence-electron chi connectivity index (χ1n) is 7.99. The minimum Gasteiger partial charge on any atom is -0.350 e. The Morgan fingerprint density at radius 1 is 1.32 bits per heavy atom. The zero-order valence-corrected chi connectivity index (χ0v) is 17.8. The standard InChI is InChI=1S/C15H24F3N5S.HI/c1-11(2)9-22-4-6-23(7-5-22)14(19-3)20-8-13-21-12(10-24-13)15(16,17)18;/h10-11H,4-9H2,1-3H3,(H,19,20);1H. The van der Waals surface area contributed by atoms with Gasteiger partial charge in [0, 0.05) is 45.2 Å². The number of alkyl halides is 3. The number of aliphatic imine (C=N–C) groups is 1. The van der Waals surface area contributed by atoms with Crippen LogP contribution in [0.2, 0.25) is 0 Å². The summed E-state index contributed by atoms with van der Waals surface area (Å²) in [4.78, 5) is 12.4. The van der Waals surface area contributed by atoms with Gasteiger partial charge in [-0.25, -0.2) is 4.98 Å². The van der Waals surface area contributed by atoms with Crippen LogP contribution in [0, 0.1) is 5.92 Å². The fraction of sp³-hybridized carbons (Fsp3) is 0.733. The predicted molar refractivity (Wildman–Crippen MR) is 106 cm³/mol. The second kappa shape index (κ2) is 9.91.